The fourth-order valence-electron chi connectivity index (χ4n) is 4.92. The molecule has 8 rings (SSSR count). The Morgan fingerprint density at radius 1 is 0.319 bits per heavy atom. The van der Waals surface area contributed by atoms with Gasteiger partial charge in [-0.3, -0.25) is 0 Å². The maximum Gasteiger partial charge on any atom is 0.0651 e. The van der Waals surface area contributed by atoms with Crippen molar-refractivity contribution in [1.29, 1.82) is 0 Å². The quantitative estimate of drug-likeness (QED) is 0.171. The number of anilines is 3. The van der Waals surface area contributed by atoms with Crippen LogP contribution in [0.15, 0.2) is 200 Å². The minimum Gasteiger partial charge on any atom is -0.310 e. The number of benzene rings is 8. The fraction of sp³-hybridized carbons (Fsp3) is 0. The zero-order valence-corrected chi connectivity index (χ0v) is 24.4. The molecule has 0 aliphatic carbocycles. The molecule has 1 heteroatoms. The predicted molar refractivity (Wildman–Crippen MR) is 200 cm³/mol. The SMILES string of the molecule is [2H]c1c([2H])c([2H])c(-c2c([2H])c([2H])c(-c3c([2H])c([2H])c(N(c4c([2H])c([2H])c(-c5ccccc5)c([2H])c4[2H])c4c([2H])c([2H])c([2H])c(-c5ccc6ccccc6c5)c4[2H])c([2H])c3[2H])c([2H])c2[2H])c([2H])c1[2H]. The molecular weight excluding hydrogens is 567 g/mol. The van der Waals surface area contributed by atoms with Crippen molar-refractivity contribution in [3.05, 3.63) is 200 Å². The minimum atomic E-state index is -1.05. The average molecular weight is 621 g/mol. The Bertz CT molecular complexity index is 3370. The molecule has 0 spiro atoms. The molecule has 0 amide bonds. The van der Waals surface area contributed by atoms with Crippen molar-refractivity contribution < 1.29 is 28.8 Å². The second-order valence-corrected chi connectivity index (χ2v) is 10.2. The lowest BCUT2D eigenvalue weighted by atomic mass is 9.99. The van der Waals surface area contributed by atoms with Crippen molar-refractivity contribution in [3.63, 3.8) is 0 Å². The molecule has 0 unspecified atom stereocenters. The van der Waals surface area contributed by atoms with Gasteiger partial charge in [0.25, 0.3) is 0 Å². The van der Waals surface area contributed by atoms with E-state index < -0.39 is 166 Å². The normalized spacial score (nSPS) is 17.2. The van der Waals surface area contributed by atoms with Gasteiger partial charge in [0.1, 0.15) is 0 Å². The van der Waals surface area contributed by atoms with E-state index in [9.17, 15) is 11.0 Å². The van der Waals surface area contributed by atoms with Crippen molar-refractivity contribution in [2.75, 3.05) is 4.90 Å². The third-order valence-electron chi connectivity index (χ3n) is 7.23. The van der Waals surface area contributed by atoms with Gasteiger partial charge in [0.2, 0.25) is 0 Å². The third kappa shape index (κ3) is 5.95. The molecule has 0 radical (unpaired) electrons. The highest BCUT2D eigenvalue weighted by Gasteiger charge is 2.15. The summed E-state index contributed by atoms with van der Waals surface area (Å²) < 4.78 is 189. The molecule has 0 fully saturated rings. The Labute approximate surface area is 306 Å². The highest BCUT2D eigenvalue weighted by atomic mass is 15.1. The van der Waals surface area contributed by atoms with Crippen LogP contribution in [0.4, 0.5) is 17.1 Å². The minimum absolute atomic E-state index is 0.161. The van der Waals surface area contributed by atoms with E-state index in [0.717, 1.165) is 5.39 Å². The lowest BCUT2D eigenvalue weighted by Crippen LogP contribution is -2.10. The molecule has 1 nitrogen and oxygen atoms in total. The summed E-state index contributed by atoms with van der Waals surface area (Å²) in [6, 6.07) is 2.13. The molecule has 0 aliphatic rings. The number of fused-ring (bicyclic) bond motifs is 1. The van der Waals surface area contributed by atoms with Crippen molar-refractivity contribution >= 4 is 27.8 Å². The molecular formula is C46H33N. The van der Waals surface area contributed by atoms with Crippen LogP contribution in [0.1, 0.15) is 28.8 Å². The van der Waals surface area contributed by atoms with E-state index in [0.29, 0.717) is 10.3 Å². The highest BCUT2D eigenvalue weighted by molar-refractivity contribution is 5.89. The van der Waals surface area contributed by atoms with Crippen LogP contribution in [0.5, 0.6) is 0 Å². The summed E-state index contributed by atoms with van der Waals surface area (Å²) in [5.41, 5.74) is -5.18. The van der Waals surface area contributed by atoms with E-state index >= 15 is 0 Å². The van der Waals surface area contributed by atoms with E-state index in [-0.39, 0.29) is 22.3 Å². The van der Waals surface area contributed by atoms with Crippen LogP contribution in [0.2, 0.25) is 0 Å². The first-order valence-electron chi connectivity index (χ1n) is 24.9. The van der Waals surface area contributed by atoms with Crippen molar-refractivity contribution in [1.82, 2.24) is 0 Å². The summed E-state index contributed by atoms with van der Waals surface area (Å²) in [6.07, 6.45) is 0. The standard InChI is InChI=1S/C46H33N/c1-3-10-34(11-4-1)37-18-20-38(21-19-37)40-26-30-45(31-27-40)47(44-28-24-39(25-29-44)35-12-5-2-6-13-35)46-17-9-16-42(33-46)43-23-22-36-14-7-8-15-41(36)32-43/h1-33H/i1D,3D,4D,9D,10D,11D,16D,17D,18D,19D,20D,21D,24D,25D,26D,27D,28D,29D,30D,31D,33D. The zero-order valence-electron chi connectivity index (χ0n) is 45.4. The van der Waals surface area contributed by atoms with Gasteiger partial charge < -0.3 is 4.90 Å². The first-order chi connectivity index (χ1) is 32.1. The number of hydrogen-bond donors (Lipinski definition) is 0. The maximum absolute atomic E-state index is 9.66. The Balaban J connectivity index is 1.47. The molecule has 0 aromatic heterocycles. The van der Waals surface area contributed by atoms with E-state index in [2.05, 4.69) is 0 Å². The van der Waals surface area contributed by atoms with Crippen molar-refractivity contribution in [2.24, 2.45) is 0 Å². The van der Waals surface area contributed by atoms with E-state index in [1.54, 1.807) is 66.7 Å². The molecule has 8 aromatic rings. The van der Waals surface area contributed by atoms with Crippen LogP contribution >= 0.6 is 0 Å². The maximum atomic E-state index is 9.66. The monoisotopic (exact) mass is 620 g/mol. The van der Waals surface area contributed by atoms with Gasteiger partial charge in [0.15, 0.2) is 0 Å². The molecule has 0 heterocycles. The molecule has 0 atom stereocenters. The Hall–Kier alpha value is -6.18. The molecule has 0 saturated carbocycles. The Morgan fingerprint density at radius 3 is 1.47 bits per heavy atom. The van der Waals surface area contributed by atoms with Gasteiger partial charge in [0.05, 0.1) is 28.8 Å². The van der Waals surface area contributed by atoms with E-state index in [4.69, 9.17) is 17.8 Å². The van der Waals surface area contributed by atoms with Crippen LogP contribution in [0.25, 0.3) is 55.3 Å². The van der Waals surface area contributed by atoms with Crippen molar-refractivity contribution in [2.45, 2.75) is 0 Å². The highest BCUT2D eigenvalue weighted by Crippen LogP contribution is 2.39. The van der Waals surface area contributed by atoms with Gasteiger partial charge in [-0.15, -0.1) is 0 Å². The Morgan fingerprint density at radius 2 is 0.830 bits per heavy atom. The van der Waals surface area contributed by atoms with E-state index in [1.165, 1.54) is 0 Å². The van der Waals surface area contributed by atoms with Crippen LogP contribution in [0, 0.1) is 0 Å². The second kappa shape index (κ2) is 12.7. The van der Waals surface area contributed by atoms with Gasteiger partial charge in [-0.25, -0.2) is 0 Å². The van der Waals surface area contributed by atoms with Gasteiger partial charge in [-0.1, -0.05) is 157 Å². The van der Waals surface area contributed by atoms with Crippen LogP contribution in [-0.2, 0) is 0 Å². The largest absolute Gasteiger partial charge is 0.310 e. The first-order valence-corrected chi connectivity index (χ1v) is 14.4. The molecule has 0 aliphatic heterocycles. The molecule has 222 valence electrons. The first kappa shape index (κ1) is 13.7. The van der Waals surface area contributed by atoms with Crippen LogP contribution < -0.4 is 4.90 Å². The van der Waals surface area contributed by atoms with Gasteiger partial charge in [-0.2, -0.15) is 0 Å². The smallest absolute Gasteiger partial charge is 0.0651 e. The summed E-state index contributed by atoms with van der Waals surface area (Å²) in [7, 11) is 0. The number of hydrogen-bond acceptors (Lipinski definition) is 1. The number of nitrogens with zero attached hydrogens (tertiary/aromatic N) is 1. The van der Waals surface area contributed by atoms with Gasteiger partial charge in [0, 0.05) is 17.1 Å². The zero-order chi connectivity index (χ0) is 49.7. The lowest BCUT2D eigenvalue weighted by molar-refractivity contribution is 1.28. The van der Waals surface area contributed by atoms with Crippen molar-refractivity contribution in [3.8, 4) is 44.5 Å². The Kier molecular flexibility index (Phi) is 3.68. The van der Waals surface area contributed by atoms with Crippen LogP contribution in [0.3, 0.4) is 0 Å². The molecule has 0 bridgehead atoms. The lowest BCUT2D eigenvalue weighted by Gasteiger charge is -2.26. The predicted octanol–water partition coefficient (Wildman–Crippen LogP) is 13.0. The fourth-order valence-corrected chi connectivity index (χ4v) is 4.92. The summed E-state index contributed by atoms with van der Waals surface area (Å²) >= 11 is 0. The number of rotatable bonds is 7. The third-order valence-corrected chi connectivity index (χ3v) is 7.23. The molecule has 0 saturated heterocycles. The summed E-state index contributed by atoms with van der Waals surface area (Å²) in [5.74, 6) is 0. The topological polar surface area (TPSA) is 3.24 Å². The molecule has 8 aromatic carbocycles. The summed E-state index contributed by atoms with van der Waals surface area (Å²) in [6.45, 7) is 0. The van der Waals surface area contributed by atoms with Gasteiger partial charge in [-0.05, 0) is 97.6 Å². The average Bonchev–Trinajstić information content (AvgIpc) is 3.32. The molecule has 47 heavy (non-hydrogen) atoms. The molecule has 0 N–H and O–H groups in total. The second-order valence-electron chi connectivity index (χ2n) is 10.2. The van der Waals surface area contributed by atoms with Crippen LogP contribution in [-0.4, -0.2) is 0 Å². The van der Waals surface area contributed by atoms with Gasteiger partial charge >= 0.3 is 0 Å². The summed E-state index contributed by atoms with van der Waals surface area (Å²) in [5, 5.41) is 1.46. The summed E-state index contributed by atoms with van der Waals surface area (Å²) in [4.78, 5) is 0.656. The van der Waals surface area contributed by atoms with E-state index in [1.807, 2.05) is 6.07 Å².